The number of rotatable bonds is 7. The van der Waals surface area contributed by atoms with Gasteiger partial charge in [0.05, 0.1) is 47.8 Å². The fourth-order valence-electron chi connectivity index (χ4n) is 11.1. The van der Waals surface area contributed by atoms with Crippen LogP contribution in [0.25, 0.3) is 0 Å². The Morgan fingerprint density at radius 2 is 1.04 bits per heavy atom. The Morgan fingerprint density at radius 1 is 0.623 bits per heavy atom. The van der Waals surface area contributed by atoms with Crippen LogP contribution in [0.4, 0.5) is 73.6 Å². The highest BCUT2D eigenvalue weighted by Crippen LogP contribution is 2.50. The first kappa shape index (κ1) is 62.0. The lowest BCUT2D eigenvalue weighted by atomic mass is 9.74. The lowest BCUT2D eigenvalue weighted by Gasteiger charge is -2.39. The van der Waals surface area contributed by atoms with Gasteiger partial charge in [-0.25, -0.2) is 9.59 Å². The van der Waals surface area contributed by atoms with Crippen LogP contribution in [-0.4, -0.2) is 173 Å². The summed E-state index contributed by atoms with van der Waals surface area (Å²) >= 11 is 13.0. The van der Waals surface area contributed by atoms with Crippen molar-refractivity contribution in [2.75, 3.05) is 102 Å². The van der Waals surface area contributed by atoms with E-state index in [0.717, 1.165) is 78.6 Å². The summed E-state index contributed by atoms with van der Waals surface area (Å²) in [5, 5.41) is 4.56. The second-order valence-electron chi connectivity index (χ2n) is 21.7. The number of carbonyl (C=O) groups is 3. The Balaban J connectivity index is 0.000000209. The van der Waals surface area contributed by atoms with Crippen molar-refractivity contribution in [3.8, 4) is 0 Å². The van der Waals surface area contributed by atoms with Gasteiger partial charge in [0, 0.05) is 88.6 Å². The first-order chi connectivity index (χ1) is 35.7. The fraction of sp³-hybridized carbons (Fsp3) is 0.700. The van der Waals surface area contributed by atoms with E-state index in [0.29, 0.717) is 80.8 Å². The maximum Gasteiger partial charge on any atom is 0.434 e. The molecule has 434 valence electrons. The number of nitrogens with zero attached hydrogens (tertiary/aromatic N) is 5. The van der Waals surface area contributed by atoms with Crippen molar-refractivity contribution in [1.29, 1.82) is 0 Å². The SMILES string of the molecule is CC1(C)CC2(CCN(C(=O)OC(C(F)(F)F)C(F)(F)F)CC2)CN1.CC1(C)CC2(CCN(C(=O)OC(C(F)(F)F)C(F)(F)F)CC2)CN1Cc1cccc(N2CCOCC2)c1Cl.O=Cc1cccc(N2CCOCC2)c1Cl. The zero-order valence-corrected chi connectivity index (χ0v) is 44.4. The van der Waals surface area contributed by atoms with Gasteiger partial charge in [-0.2, -0.15) is 52.7 Å². The number of likely N-dealkylation sites (tertiary alicyclic amines) is 3. The molecule has 0 bridgehead atoms. The van der Waals surface area contributed by atoms with Crippen molar-refractivity contribution in [2.24, 2.45) is 10.8 Å². The van der Waals surface area contributed by atoms with Gasteiger partial charge in [0.1, 0.15) is 0 Å². The number of carbonyl (C=O) groups excluding carboxylic acids is 3. The number of amides is 2. The lowest BCUT2D eigenvalue weighted by Crippen LogP contribution is -2.50. The van der Waals surface area contributed by atoms with Crippen LogP contribution in [-0.2, 0) is 25.5 Å². The third-order valence-electron chi connectivity index (χ3n) is 15.0. The topological polar surface area (TPSA) is 116 Å². The molecule has 2 spiro atoms. The van der Waals surface area contributed by atoms with Crippen molar-refractivity contribution in [1.82, 2.24) is 20.0 Å². The Hall–Kier alpha value is -4.17. The zero-order chi connectivity index (χ0) is 57.0. The van der Waals surface area contributed by atoms with Gasteiger partial charge < -0.3 is 43.9 Å². The number of morpholine rings is 2. The number of nitrogens with one attached hydrogen (secondary N) is 1. The van der Waals surface area contributed by atoms with E-state index in [-0.39, 0.29) is 48.1 Å². The van der Waals surface area contributed by atoms with Crippen molar-refractivity contribution in [3.63, 3.8) is 0 Å². The molecule has 13 nitrogen and oxygen atoms in total. The minimum atomic E-state index is -5.73. The highest BCUT2D eigenvalue weighted by Gasteiger charge is 2.62. The molecule has 0 saturated carbocycles. The summed E-state index contributed by atoms with van der Waals surface area (Å²) < 4.78 is 170. The van der Waals surface area contributed by atoms with Crippen LogP contribution in [0.2, 0.25) is 10.0 Å². The van der Waals surface area contributed by atoms with Gasteiger partial charge in [-0.1, -0.05) is 47.5 Å². The second-order valence-corrected chi connectivity index (χ2v) is 22.4. The Labute approximate surface area is 448 Å². The van der Waals surface area contributed by atoms with Crippen LogP contribution < -0.4 is 15.1 Å². The van der Waals surface area contributed by atoms with Gasteiger partial charge >= 0.3 is 36.9 Å². The summed E-state index contributed by atoms with van der Waals surface area (Å²) in [6, 6.07) is 11.5. The smallest absolute Gasteiger partial charge is 0.426 e. The Bertz CT molecular complexity index is 2300. The normalized spacial score (nSPS) is 21.7. The molecular weight excluding hydrogens is 1100 g/mol. The molecule has 1 N–H and O–H groups in total. The van der Waals surface area contributed by atoms with Gasteiger partial charge in [0.25, 0.3) is 12.2 Å². The standard InChI is InChI=1S/C25H32ClF6N3O3.C14H20F6N2O2.C11H12ClNO2/c1-22(2)15-23(6-8-34(9-7-23)21(36)38-20(24(27,28)29)25(30,31)32)16-35(22)14-17-4-3-5-18(19(17)26)33-10-12-37-13-11-33;1-11(2)7-12(8-21-11)3-5-22(6-4-12)10(23)24-9(13(15,16)17)14(18,19)20;12-11-9(8-14)2-1-3-10(11)13-4-6-15-7-5-13/h3-5,20H,6-16H2,1-2H3;9,21H,3-8H2,1-2H3;1-3,8H,4-7H2. The second kappa shape index (κ2) is 24.3. The van der Waals surface area contributed by atoms with E-state index in [1.165, 1.54) is 0 Å². The van der Waals surface area contributed by atoms with E-state index in [9.17, 15) is 67.1 Å². The number of halogens is 14. The molecule has 2 aromatic carbocycles. The van der Waals surface area contributed by atoms with E-state index >= 15 is 0 Å². The van der Waals surface area contributed by atoms with Crippen molar-refractivity contribution in [2.45, 2.75) is 121 Å². The average Bonchev–Trinajstić information content (AvgIpc) is 3.80. The molecule has 2 amide bonds. The van der Waals surface area contributed by atoms with Crippen LogP contribution in [0, 0.1) is 10.8 Å². The Kier molecular flexibility index (Phi) is 19.6. The zero-order valence-electron chi connectivity index (χ0n) is 42.9. The van der Waals surface area contributed by atoms with E-state index in [1.807, 2.05) is 44.2 Å². The molecule has 0 aromatic heterocycles. The summed E-state index contributed by atoms with van der Waals surface area (Å²) in [6.07, 6.45) is -29.9. The first-order valence-corrected chi connectivity index (χ1v) is 25.8. The molecule has 6 fully saturated rings. The average molecular weight is 1160 g/mol. The molecule has 77 heavy (non-hydrogen) atoms. The number of ether oxygens (including phenoxy) is 4. The fourth-order valence-corrected chi connectivity index (χ4v) is 11.7. The van der Waals surface area contributed by atoms with Crippen LogP contribution in [0.3, 0.4) is 0 Å². The van der Waals surface area contributed by atoms with Gasteiger partial charge in [-0.15, -0.1) is 0 Å². The van der Waals surface area contributed by atoms with Gasteiger partial charge in [-0.3, -0.25) is 9.69 Å². The number of aldehydes is 1. The number of alkyl halides is 12. The molecular formula is C50H64Cl2F12N6O7. The van der Waals surface area contributed by atoms with Gasteiger partial charge in [0.2, 0.25) is 0 Å². The van der Waals surface area contributed by atoms with Gasteiger partial charge in [0.15, 0.2) is 6.29 Å². The van der Waals surface area contributed by atoms with Gasteiger partial charge in [-0.05, 0) is 94.7 Å². The van der Waals surface area contributed by atoms with Crippen molar-refractivity contribution >= 4 is 53.0 Å². The number of anilines is 2. The molecule has 27 heteroatoms. The number of hydrogen-bond donors (Lipinski definition) is 1. The molecule has 0 unspecified atom stereocenters. The molecule has 0 atom stereocenters. The highest BCUT2D eigenvalue weighted by atomic mass is 35.5. The van der Waals surface area contributed by atoms with Crippen LogP contribution in [0.5, 0.6) is 0 Å². The van der Waals surface area contributed by atoms with Crippen LogP contribution in [0.1, 0.15) is 82.1 Å². The molecule has 6 aliphatic heterocycles. The molecule has 6 saturated heterocycles. The largest absolute Gasteiger partial charge is 0.434 e. The van der Waals surface area contributed by atoms with E-state index in [2.05, 4.69) is 43.3 Å². The number of hydrogen-bond acceptors (Lipinski definition) is 11. The molecule has 8 rings (SSSR count). The maximum absolute atomic E-state index is 12.8. The molecule has 0 aliphatic carbocycles. The summed E-state index contributed by atoms with van der Waals surface area (Å²) in [7, 11) is 0. The summed E-state index contributed by atoms with van der Waals surface area (Å²) in [4.78, 5) is 43.2. The third kappa shape index (κ3) is 16.0. The number of piperidine rings is 2. The third-order valence-corrected chi connectivity index (χ3v) is 15.8. The quantitative estimate of drug-likeness (QED) is 0.211. The van der Waals surface area contributed by atoms with E-state index < -0.39 is 49.1 Å². The predicted molar refractivity (Wildman–Crippen MR) is 261 cm³/mol. The molecule has 0 radical (unpaired) electrons. The first-order valence-electron chi connectivity index (χ1n) is 25.0. The minimum Gasteiger partial charge on any atom is -0.426 e. The Morgan fingerprint density at radius 3 is 1.44 bits per heavy atom. The minimum absolute atomic E-state index is 0.0262. The van der Waals surface area contributed by atoms with Crippen molar-refractivity contribution in [3.05, 3.63) is 57.6 Å². The summed E-state index contributed by atoms with van der Waals surface area (Å²) in [6.45, 7) is 16.3. The summed E-state index contributed by atoms with van der Waals surface area (Å²) in [5.41, 5.74) is 2.81. The van der Waals surface area contributed by atoms with Crippen LogP contribution in [0.15, 0.2) is 36.4 Å². The van der Waals surface area contributed by atoms with Crippen molar-refractivity contribution < 1.29 is 86.0 Å². The molecule has 2 aromatic rings. The van der Waals surface area contributed by atoms with E-state index in [1.54, 1.807) is 6.07 Å². The van der Waals surface area contributed by atoms with Crippen LogP contribution >= 0.6 is 23.2 Å². The lowest BCUT2D eigenvalue weighted by molar-refractivity contribution is -0.309. The predicted octanol–water partition coefficient (Wildman–Crippen LogP) is 11.3. The number of benzene rings is 2. The molecule has 6 heterocycles. The van der Waals surface area contributed by atoms with E-state index in [4.69, 9.17) is 32.7 Å². The summed E-state index contributed by atoms with van der Waals surface area (Å²) in [5.74, 6) is 0. The maximum atomic E-state index is 12.8. The molecule has 6 aliphatic rings. The monoisotopic (exact) mass is 1160 g/mol. The highest BCUT2D eigenvalue weighted by molar-refractivity contribution is 6.35.